The number of benzene rings is 1. The molecule has 1 fully saturated rings. The third-order valence-electron chi connectivity index (χ3n) is 4.27. The van der Waals surface area contributed by atoms with Crippen molar-refractivity contribution in [1.82, 2.24) is 9.88 Å². The minimum absolute atomic E-state index is 0.778. The van der Waals surface area contributed by atoms with Crippen molar-refractivity contribution in [2.75, 3.05) is 11.9 Å². The summed E-state index contributed by atoms with van der Waals surface area (Å²) < 4.78 is 0. The number of hydrogen-bond donors (Lipinski definition) is 0. The van der Waals surface area contributed by atoms with Crippen LogP contribution >= 0.6 is 15.9 Å². The van der Waals surface area contributed by atoms with E-state index in [-0.39, 0.29) is 0 Å². The summed E-state index contributed by atoms with van der Waals surface area (Å²) in [7, 11) is 0. The van der Waals surface area contributed by atoms with Gasteiger partial charge in [0.1, 0.15) is 0 Å². The van der Waals surface area contributed by atoms with Gasteiger partial charge in [-0.25, -0.2) is 0 Å². The third-order valence-corrected chi connectivity index (χ3v) is 4.62. The van der Waals surface area contributed by atoms with Crippen LogP contribution in [0.25, 0.3) is 10.9 Å². The molecule has 0 amide bonds. The molecular formula is C17H21BrN2. The molecule has 1 saturated carbocycles. The Balaban J connectivity index is 1.91. The van der Waals surface area contributed by atoms with Gasteiger partial charge in [-0.15, -0.1) is 0 Å². The average Bonchev–Trinajstić information content (AvgIpc) is 2.36. The van der Waals surface area contributed by atoms with Crippen LogP contribution in [0.3, 0.4) is 0 Å². The zero-order chi connectivity index (χ0) is 13.9. The van der Waals surface area contributed by atoms with E-state index in [9.17, 15) is 0 Å². The van der Waals surface area contributed by atoms with Crippen LogP contribution in [0.1, 0.15) is 30.5 Å². The minimum atomic E-state index is 0.778. The number of aryl methyl sites for hydroxylation is 1. The Bertz CT molecular complexity index is 593. The first-order chi connectivity index (χ1) is 9.78. The van der Waals surface area contributed by atoms with E-state index in [0.717, 1.165) is 35.7 Å². The lowest BCUT2D eigenvalue weighted by Gasteiger charge is -2.37. The fraction of sp³-hybridized carbons (Fsp3) is 0.471. The van der Waals surface area contributed by atoms with Crippen LogP contribution in [-0.4, -0.2) is 27.8 Å². The predicted octanol–water partition coefficient (Wildman–Crippen LogP) is 4.29. The number of hydrogen-bond acceptors (Lipinski definition) is 2. The fourth-order valence-corrected chi connectivity index (χ4v) is 3.45. The average molecular weight is 333 g/mol. The van der Waals surface area contributed by atoms with Crippen LogP contribution in [0.15, 0.2) is 30.3 Å². The van der Waals surface area contributed by atoms with Crippen molar-refractivity contribution in [3.05, 3.63) is 41.6 Å². The van der Waals surface area contributed by atoms with Gasteiger partial charge in [-0.2, -0.15) is 0 Å². The normalized spacial score (nSPS) is 15.8. The van der Waals surface area contributed by atoms with E-state index in [0.29, 0.717) is 0 Å². The number of fused-ring (bicyclic) bond motifs is 1. The van der Waals surface area contributed by atoms with Crippen LogP contribution in [0, 0.1) is 6.92 Å². The summed E-state index contributed by atoms with van der Waals surface area (Å²) >= 11 is 3.60. The van der Waals surface area contributed by atoms with Gasteiger partial charge in [-0.05, 0) is 37.5 Å². The Kier molecular flexibility index (Phi) is 4.37. The van der Waals surface area contributed by atoms with Gasteiger partial charge < -0.3 is 0 Å². The van der Waals surface area contributed by atoms with Crippen molar-refractivity contribution < 1.29 is 0 Å². The maximum absolute atomic E-state index is 4.64. The molecule has 3 heteroatoms. The molecule has 1 aromatic heterocycles. The van der Waals surface area contributed by atoms with E-state index in [1.807, 2.05) is 0 Å². The monoisotopic (exact) mass is 332 g/mol. The van der Waals surface area contributed by atoms with Gasteiger partial charge >= 0.3 is 0 Å². The lowest BCUT2D eigenvalue weighted by Crippen LogP contribution is -2.40. The molecule has 0 radical (unpaired) electrons. The van der Waals surface area contributed by atoms with Crippen LogP contribution in [0.5, 0.6) is 0 Å². The standard InChI is InChI=1S/C17H21BrN2/c1-13-11-14(16-7-2-3-8-17(16)19-13)12-20(10-9-18)15-5-4-6-15/h2-3,7-8,11,15H,4-6,9-10,12H2,1H3. The van der Waals surface area contributed by atoms with Crippen molar-refractivity contribution in [2.24, 2.45) is 0 Å². The molecule has 20 heavy (non-hydrogen) atoms. The van der Waals surface area contributed by atoms with E-state index in [2.05, 4.69) is 63.1 Å². The maximum atomic E-state index is 4.64. The molecule has 1 aromatic carbocycles. The van der Waals surface area contributed by atoms with E-state index in [1.54, 1.807) is 0 Å². The van der Waals surface area contributed by atoms with E-state index in [4.69, 9.17) is 0 Å². The smallest absolute Gasteiger partial charge is 0.0708 e. The summed E-state index contributed by atoms with van der Waals surface area (Å²) in [5, 5.41) is 2.35. The van der Waals surface area contributed by atoms with Gasteiger partial charge in [-0.1, -0.05) is 40.5 Å². The fourth-order valence-electron chi connectivity index (χ4n) is 3.00. The summed E-state index contributed by atoms with van der Waals surface area (Å²) in [5.74, 6) is 0. The quantitative estimate of drug-likeness (QED) is 0.759. The summed E-state index contributed by atoms with van der Waals surface area (Å²) in [5.41, 5.74) is 3.65. The highest BCUT2D eigenvalue weighted by atomic mass is 79.9. The molecular weight excluding hydrogens is 312 g/mol. The number of para-hydroxylation sites is 1. The van der Waals surface area contributed by atoms with Crippen LogP contribution < -0.4 is 0 Å². The first-order valence-corrected chi connectivity index (χ1v) is 8.55. The van der Waals surface area contributed by atoms with Crippen molar-refractivity contribution in [1.29, 1.82) is 0 Å². The summed E-state index contributed by atoms with van der Waals surface area (Å²) in [6.45, 7) is 4.26. The van der Waals surface area contributed by atoms with Crippen molar-refractivity contribution >= 4 is 26.8 Å². The zero-order valence-electron chi connectivity index (χ0n) is 12.0. The molecule has 2 aromatic rings. The lowest BCUT2D eigenvalue weighted by atomic mass is 9.91. The number of pyridine rings is 1. The molecule has 0 atom stereocenters. The largest absolute Gasteiger partial charge is 0.295 e. The number of aromatic nitrogens is 1. The summed E-state index contributed by atoms with van der Waals surface area (Å²) in [6, 6.07) is 11.5. The summed E-state index contributed by atoms with van der Waals surface area (Å²) in [4.78, 5) is 7.27. The van der Waals surface area contributed by atoms with Crippen molar-refractivity contribution in [3.8, 4) is 0 Å². The minimum Gasteiger partial charge on any atom is -0.295 e. The molecule has 0 spiro atoms. The summed E-state index contributed by atoms with van der Waals surface area (Å²) in [6.07, 6.45) is 4.10. The predicted molar refractivity (Wildman–Crippen MR) is 88.3 cm³/mol. The first kappa shape index (κ1) is 14.0. The van der Waals surface area contributed by atoms with Gasteiger partial charge in [-0.3, -0.25) is 9.88 Å². The van der Waals surface area contributed by atoms with E-state index < -0.39 is 0 Å². The Morgan fingerprint density at radius 3 is 2.80 bits per heavy atom. The van der Waals surface area contributed by atoms with Crippen molar-refractivity contribution in [2.45, 2.75) is 38.8 Å². The molecule has 0 saturated heterocycles. The third kappa shape index (κ3) is 2.89. The zero-order valence-corrected chi connectivity index (χ0v) is 13.6. The topological polar surface area (TPSA) is 16.1 Å². The molecule has 0 unspecified atom stereocenters. The Morgan fingerprint density at radius 1 is 1.30 bits per heavy atom. The van der Waals surface area contributed by atoms with Crippen LogP contribution in [0.2, 0.25) is 0 Å². The molecule has 3 rings (SSSR count). The SMILES string of the molecule is Cc1cc(CN(CCBr)C2CCC2)c2ccccc2n1. The number of nitrogens with zero attached hydrogens (tertiary/aromatic N) is 2. The van der Waals surface area contributed by atoms with Crippen LogP contribution in [0.4, 0.5) is 0 Å². The van der Waals surface area contributed by atoms with Crippen molar-refractivity contribution in [3.63, 3.8) is 0 Å². The molecule has 0 bridgehead atoms. The van der Waals surface area contributed by atoms with Crippen LogP contribution in [-0.2, 0) is 6.54 Å². The van der Waals surface area contributed by atoms with Gasteiger partial charge in [0.2, 0.25) is 0 Å². The Hall–Kier alpha value is -0.930. The van der Waals surface area contributed by atoms with E-state index >= 15 is 0 Å². The Morgan fingerprint density at radius 2 is 2.10 bits per heavy atom. The molecule has 0 N–H and O–H groups in total. The molecule has 1 aliphatic carbocycles. The van der Waals surface area contributed by atoms with Gasteiger partial charge in [0, 0.05) is 35.5 Å². The lowest BCUT2D eigenvalue weighted by molar-refractivity contribution is 0.128. The highest BCUT2D eigenvalue weighted by Gasteiger charge is 2.24. The molecule has 0 aliphatic heterocycles. The maximum Gasteiger partial charge on any atom is 0.0708 e. The Labute approximate surface area is 129 Å². The highest BCUT2D eigenvalue weighted by Crippen LogP contribution is 2.28. The van der Waals surface area contributed by atoms with Gasteiger partial charge in [0.05, 0.1) is 5.52 Å². The molecule has 106 valence electrons. The first-order valence-electron chi connectivity index (χ1n) is 7.43. The number of rotatable bonds is 5. The second-order valence-electron chi connectivity index (χ2n) is 5.68. The molecule has 1 heterocycles. The highest BCUT2D eigenvalue weighted by molar-refractivity contribution is 9.09. The van der Waals surface area contributed by atoms with Gasteiger partial charge in [0.15, 0.2) is 0 Å². The van der Waals surface area contributed by atoms with Gasteiger partial charge in [0.25, 0.3) is 0 Å². The molecule has 1 aliphatic rings. The second kappa shape index (κ2) is 6.23. The number of alkyl halides is 1. The van der Waals surface area contributed by atoms with E-state index in [1.165, 1.54) is 30.2 Å². The molecule has 2 nitrogen and oxygen atoms in total. The second-order valence-corrected chi connectivity index (χ2v) is 6.48. The number of halogens is 1.